The van der Waals surface area contributed by atoms with Crippen molar-refractivity contribution in [3.05, 3.63) is 63.6 Å². The lowest BCUT2D eigenvalue weighted by Crippen LogP contribution is -2.14. The zero-order valence-electron chi connectivity index (χ0n) is 12.1. The van der Waals surface area contributed by atoms with Crippen LogP contribution in [-0.4, -0.2) is 14.9 Å². The lowest BCUT2D eigenvalue weighted by atomic mass is 10.1. The molecule has 0 atom stereocenters. The normalized spacial score (nSPS) is 11.4. The zero-order chi connectivity index (χ0) is 16.1. The van der Waals surface area contributed by atoms with Gasteiger partial charge in [0.15, 0.2) is 0 Å². The number of hydrogen-bond acceptors (Lipinski definition) is 4. The first-order chi connectivity index (χ1) is 11.0. The third-order valence-electron chi connectivity index (χ3n) is 3.75. The standard InChI is InChI=1S/C17H11ClN2O3/c1-9-15-16(13-8-12(21)6-7-14(13)23-9)19-20(17(15)22)11-4-2-10(18)3-5-11/h2-8,21H,1H3. The molecule has 5 nitrogen and oxygen atoms in total. The van der Waals surface area contributed by atoms with Gasteiger partial charge in [-0.15, -0.1) is 0 Å². The van der Waals surface area contributed by atoms with Crippen LogP contribution < -0.4 is 5.56 Å². The first-order valence-electron chi connectivity index (χ1n) is 6.96. The summed E-state index contributed by atoms with van der Waals surface area (Å²) in [6, 6.07) is 11.6. The quantitative estimate of drug-likeness (QED) is 0.578. The van der Waals surface area contributed by atoms with Gasteiger partial charge in [-0.3, -0.25) is 4.79 Å². The van der Waals surface area contributed by atoms with Crippen molar-refractivity contribution in [2.45, 2.75) is 6.92 Å². The average molecular weight is 327 g/mol. The Morgan fingerprint density at radius 1 is 1.17 bits per heavy atom. The van der Waals surface area contributed by atoms with Crippen molar-refractivity contribution in [1.82, 2.24) is 9.78 Å². The van der Waals surface area contributed by atoms with Crippen LogP contribution >= 0.6 is 11.6 Å². The SMILES string of the molecule is Cc1oc2ccc(O)cc2c2nn(-c3ccc(Cl)cc3)c(=O)c1-2. The summed E-state index contributed by atoms with van der Waals surface area (Å²) in [5.74, 6) is 0.578. The highest BCUT2D eigenvalue weighted by Crippen LogP contribution is 2.33. The van der Waals surface area contributed by atoms with Crippen LogP contribution in [0.25, 0.3) is 27.9 Å². The molecule has 2 aliphatic heterocycles. The van der Waals surface area contributed by atoms with Crippen LogP contribution in [0, 0.1) is 6.92 Å². The third-order valence-corrected chi connectivity index (χ3v) is 4.00. The highest BCUT2D eigenvalue weighted by atomic mass is 35.5. The maximum absolute atomic E-state index is 12.7. The number of rotatable bonds is 1. The van der Waals surface area contributed by atoms with E-state index in [9.17, 15) is 9.90 Å². The summed E-state index contributed by atoms with van der Waals surface area (Å²) in [4.78, 5) is 12.7. The van der Waals surface area contributed by atoms with Crippen molar-refractivity contribution in [3.63, 3.8) is 0 Å². The van der Waals surface area contributed by atoms with Crippen LogP contribution in [0.5, 0.6) is 5.75 Å². The molecule has 1 N–H and O–H groups in total. The molecule has 4 rings (SSSR count). The Morgan fingerprint density at radius 3 is 2.65 bits per heavy atom. The van der Waals surface area contributed by atoms with E-state index in [2.05, 4.69) is 5.10 Å². The molecule has 0 saturated heterocycles. The first-order valence-corrected chi connectivity index (χ1v) is 7.33. The molecule has 2 aromatic carbocycles. The summed E-state index contributed by atoms with van der Waals surface area (Å²) >= 11 is 5.89. The Kier molecular flexibility index (Phi) is 2.92. The smallest absolute Gasteiger partial charge is 0.284 e. The zero-order valence-corrected chi connectivity index (χ0v) is 12.8. The molecule has 0 unspecified atom stereocenters. The molecule has 0 radical (unpaired) electrons. The minimum absolute atomic E-state index is 0.0892. The van der Waals surface area contributed by atoms with Crippen molar-refractivity contribution in [1.29, 1.82) is 0 Å². The van der Waals surface area contributed by atoms with Gasteiger partial charge in [-0.1, -0.05) is 11.6 Å². The monoisotopic (exact) mass is 326 g/mol. The highest BCUT2D eigenvalue weighted by Gasteiger charge is 2.23. The van der Waals surface area contributed by atoms with Crippen molar-refractivity contribution < 1.29 is 9.52 Å². The number of aromatic nitrogens is 2. The summed E-state index contributed by atoms with van der Waals surface area (Å²) in [5, 5.41) is 15.3. The molecule has 114 valence electrons. The maximum Gasteiger partial charge on any atom is 0.284 e. The molecule has 0 spiro atoms. The molecular formula is C17H11ClN2O3. The van der Waals surface area contributed by atoms with E-state index in [4.69, 9.17) is 16.0 Å². The van der Waals surface area contributed by atoms with E-state index < -0.39 is 0 Å². The average Bonchev–Trinajstić information content (AvgIpc) is 2.88. The van der Waals surface area contributed by atoms with Crippen LogP contribution in [0.3, 0.4) is 0 Å². The highest BCUT2D eigenvalue weighted by molar-refractivity contribution is 6.30. The summed E-state index contributed by atoms with van der Waals surface area (Å²) < 4.78 is 7.01. The van der Waals surface area contributed by atoms with E-state index in [1.807, 2.05) is 0 Å². The predicted octanol–water partition coefficient (Wildman–Crippen LogP) is 3.75. The molecular weight excluding hydrogens is 316 g/mol. The van der Waals surface area contributed by atoms with Crippen LogP contribution in [-0.2, 0) is 0 Å². The number of aryl methyl sites for hydroxylation is 1. The molecule has 2 heterocycles. The first kappa shape index (κ1) is 13.8. The fourth-order valence-corrected chi connectivity index (χ4v) is 2.80. The Labute approximate surface area is 135 Å². The summed E-state index contributed by atoms with van der Waals surface area (Å²) in [6.45, 7) is 1.73. The summed E-state index contributed by atoms with van der Waals surface area (Å²) in [5.41, 5.74) is 1.81. The molecule has 0 bridgehead atoms. The van der Waals surface area contributed by atoms with Gasteiger partial charge >= 0.3 is 0 Å². The number of phenols is 1. The van der Waals surface area contributed by atoms with Crippen molar-refractivity contribution in [3.8, 4) is 22.7 Å². The molecule has 2 aromatic rings. The summed E-state index contributed by atoms with van der Waals surface area (Å²) in [7, 11) is 0. The largest absolute Gasteiger partial charge is 0.508 e. The second-order valence-corrected chi connectivity index (χ2v) is 5.69. The molecule has 0 saturated carbocycles. The Hall–Kier alpha value is -2.79. The van der Waals surface area contributed by atoms with Gasteiger partial charge in [-0.05, 0) is 49.4 Å². The van der Waals surface area contributed by atoms with Gasteiger partial charge in [0.05, 0.1) is 5.69 Å². The van der Waals surface area contributed by atoms with Crippen molar-refractivity contribution in [2.75, 3.05) is 0 Å². The minimum atomic E-state index is -0.270. The van der Waals surface area contributed by atoms with Crippen LogP contribution in [0.2, 0.25) is 5.02 Å². The van der Waals surface area contributed by atoms with Crippen LogP contribution in [0.4, 0.5) is 0 Å². The third kappa shape index (κ3) is 2.09. The van der Waals surface area contributed by atoms with E-state index in [0.29, 0.717) is 38.7 Å². The van der Waals surface area contributed by atoms with Crippen molar-refractivity contribution in [2.24, 2.45) is 0 Å². The van der Waals surface area contributed by atoms with Gasteiger partial charge in [0.25, 0.3) is 5.56 Å². The van der Waals surface area contributed by atoms with Gasteiger partial charge in [0.2, 0.25) is 0 Å². The molecule has 0 aromatic heterocycles. The summed E-state index contributed by atoms with van der Waals surface area (Å²) in [6.07, 6.45) is 0. The van der Waals surface area contributed by atoms with E-state index >= 15 is 0 Å². The van der Waals surface area contributed by atoms with Crippen LogP contribution in [0.1, 0.15) is 5.76 Å². The number of fused-ring (bicyclic) bond motifs is 3. The molecule has 0 fully saturated rings. The van der Waals surface area contributed by atoms with Gasteiger partial charge < -0.3 is 9.52 Å². The van der Waals surface area contributed by atoms with Gasteiger partial charge in [0, 0.05) is 10.4 Å². The molecule has 23 heavy (non-hydrogen) atoms. The van der Waals surface area contributed by atoms with E-state index in [0.717, 1.165) is 0 Å². The number of halogens is 1. The van der Waals surface area contributed by atoms with E-state index in [-0.39, 0.29) is 11.3 Å². The number of benzene rings is 2. The second kappa shape index (κ2) is 4.86. The number of hydrogen-bond donors (Lipinski definition) is 1. The predicted molar refractivity (Wildman–Crippen MR) is 87.6 cm³/mol. The van der Waals surface area contributed by atoms with Crippen molar-refractivity contribution >= 4 is 22.6 Å². The second-order valence-electron chi connectivity index (χ2n) is 5.26. The fourth-order valence-electron chi connectivity index (χ4n) is 2.67. The molecule has 6 heteroatoms. The number of phenolic OH excluding ortho intramolecular Hbond substituents is 1. The Morgan fingerprint density at radius 2 is 1.91 bits per heavy atom. The fraction of sp³-hybridized carbons (Fsp3) is 0.0588. The topological polar surface area (TPSA) is 68.3 Å². The lowest BCUT2D eigenvalue weighted by molar-refractivity contribution is 0.475. The Bertz CT molecular complexity index is 1060. The molecule has 0 aliphatic carbocycles. The number of aromatic hydroxyl groups is 1. The molecule has 2 aliphatic rings. The van der Waals surface area contributed by atoms with Gasteiger partial charge in [0.1, 0.15) is 28.4 Å². The molecule has 0 amide bonds. The minimum Gasteiger partial charge on any atom is -0.508 e. The van der Waals surface area contributed by atoms with Crippen LogP contribution in [0.15, 0.2) is 51.7 Å². The number of nitrogens with zero attached hydrogens (tertiary/aromatic N) is 2. The van der Waals surface area contributed by atoms with E-state index in [1.54, 1.807) is 43.3 Å². The maximum atomic E-state index is 12.7. The van der Waals surface area contributed by atoms with E-state index in [1.165, 1.54) is 10.7 Å². The lowest BCUT2D eigenvalue weighted by Gasteiger charge is -2.05. The van der Waals surface area contributed by atoms with Gasteiger partial charge in [-0.25, -0.2) is 0 Å². The Balaban J connectivity index is 2.10. The van der Waals surface area contributed by atoms with Gasteiger partial charge in [-0.2, -0.15) is 9.78 Å².